The lowest BCUT2D eigenvalue weighted by atomic mass is 10.1. The first-order chi connectivity index (χ1) is 11.1. The van der Waals surface area contributed by atoms with Crippen molar-refractivity contribution in [3.63, 3.8) is 0 Å². The summed E-state index contributed by atoms with van der Waals surface area (Å²) < 4.78 is 45.4. The van der Waals surface area contributed by atoms with Crippen molar-refractivity contribution in [1.82, 2.24) is 15.1 Å². The van der Waals surface area contributed by atoms with Crippen LogP contribution in [-0.4, -0.2) is 40.2 Å². The molecule has 8 heteroatoms. The first-order valence-electron chi connectivity index (χ1n) is 6.93. The van der Waals surface area contributed by atoms with E-state index in [1.165, 1.54) is 11.1 Å². The second-order valence-electron chi connectivity index (χ2n) is 5.06. The van der Waals surface area contributed by atoms with E-state index in [9.17, 15) is 18.0 Å². The third kappa shape index (κ3) is 3.10. The summed E-state index contributed by atoms with van der Waals surface area (Å²) in [5.41, 5.74) is -0.496. The van der Waals surface area contributed by atoms with Gasteiger partial charge >= 0.3 is 0 Å². The van der Waals surface area contributed by atoms with Gasteiger partial charge in [0.15, 0.2) is 17.5 Å². The van der Waals surface area contributed by atoms with E-state index >= 15 is 0 Å². The Hall–Kier alpha value is -2.64. The Morgan fingerprint density at radius 1 is 1.22 bits per heavy atom. The molecule has 23 heavy (non-hydrogen) atoms. The standard InChI is InChI=1S/C15H12F3N3O2/c16-11-4-3-10(13(17)14(11)18)15(22)21-7-5-9(8-21)23-12-2-1-6-19-20-12/h1-4,6,9H,5,7-8H2. The van der Waals surface area contributed by atoms with Gasteiger partial charge in [0.2, 0.25) is 5.88 Å². The SMILES string of the molecule is O=C(c1ccc(F)c(F)c1F)N1CCC(Oc2cccnn2)C1. The maximum atomic E-state index is 13.7. The van der Waals surface area contributed by atoms with Gasteiger partial charge in [0.05, 0.1) is 12.1 Å². The number of rotatable bonds is 3. The third-order valence-corrected chi connectivity index (χ3v) is 3.53. The Labute approximate surface area is 129 Å². The van der Waals surface area contributed by atoms with Crippen LogP contribution in [0.4, 0.5) is 13.2 Å². The quantitative estimate of drug-likeness (QED) is 0.813. The van der Waals surface area contributed by atoms with Gasteiger partial charge < -0.3 is 9.64 Å². The van der Waals surface area contributed by atoms with Gasteiger partial charge in [0.1, 0.15) is 6.10 Å². The number of amides is 1. The van der Waals surface area contributed by atoms with Crippen LogP contribution in [0.5, 0.6) is 5.88 Å². The lowest BCUT2D eigenvalue weighted by Crippen LogP contribution is -2.31. The Morgan fingerprint density at radius 2 is 2.04 bits per heavy atom. The summed E-state index contributed by atoms with van der Waals surface area (Å²) in [4.78, 5) is 13.6. The van der Waals surface area contributed by atoms with Crippen LogP contribution in [0.25, 0.3) is 0 Å². The second-order valence-corrected chi connectivity index (χ2v) is 5.06. The van der Waals surface area contributed by atoms with Crippen molar-refractivity contribution < 1.29 is 22.7 Å². The molecule has 1 aromatic carbocycles. The molecule has 1 unspecified atom stereocenters. The summed E-state index contributed by atoms with van der Waals surface area (Å²) in [5, 5.41) is 7.45. The normalized spacial score (nSPS) is 17.3. The van der Waals surface area contributed by atoms with Gasteiger partial charge in [0.25, 0.3) is 5.91 Å². The average Bonchev–Trinajstić information content (AvgIpc) is 3.02. The first-order valence-corrected chi connectivity index (χ1v) is 6.93. The molecule has 0 N–H and O–H groups in total. The van der Waals surface area contributed by atoms with E-state index in [0.29, 0.717) is 18.8 Å². The van der Waals surface area contributed by atoms with Gasteiger partial charge in [-0.25, -0.2) is 13.2 Å². The molecule has 1 atom stereocenters. The maximum absolute atomic E-state index is 13.7. The highest BCUT2D eigenvalue weighted by Crippen LogP contribution is 2.21. The van der Waals surface area contributed by atoms with Gasteiger partial charge in [0, 0.05) is 25.2 Å². The number of carbonyl (C=O) groups is 1. The Kier molecular flexibility index (Phi) is 4.14. The number of hydrogen-bond acceptors (Lipinski definition) is 4. The zero-order valence-electron chi connectivity index (χ0n) is 11.9. The van der Waals surface area contributed by atoms with E-state index in [-0.39, 0.29) is 12.6 Å². The maximum Gasteiger partial charge on any atom is 0.257 e. The predicted molar refractivity (Wildman–Crippen MR) is 73.3 cm³/mol. The Balaban J connectivity index is 1.69. The van der Waals surface area contributed by atoms with E-state index < -0.39 is 28.9 Å². The number of aromatic nitrogens is 2. The van der Waals surface area contributed by atoms with Crippen molar-refractivity contribution in [3.8, 4) is 5.88 Å². The Morgan fingerprint density at radius 3 is 2.78 bits per heavy atom. The highest BCUT2D eigenvalue weighted by atomic mass is 19.2. The molecule has 0 radical (unpaired) electrons. The van der Waals surface area contributed by atoms with Crippen LogP contribution in [0.3, 0.4) is 0 Å². The predicted octanol–water partition coefficient (Wildman–Crippen LogP) is 2.19. The van der Waals surface area contributed by atoms with Crippen molar-refractivity contribution >= 4 is 5.91 Å². The van der Waals surface area contributed by atoms with Crippen LogP contribution in [0.15, 0.2) is 30.5 Å². The van der Waals surface area contributed by atoms with Crippen molar-refractivity contribution in [3.05, 3.63) is 53.5 Å². The van der Waals surface area contributed by atoms with E-state index in [1.807, 2.05) is 0 Å². The lowest BCUT2D eigenvalue weighted by Gasteiger charge is -2.17. The topological polar surface area (TPSA) is 55.3 Å². The molecule has 1 saturated heterocycles. The fraction of sp³-hybridized carbons (Fsp3) is 0.267. The van der Waals surface area contributed by atoms with Crippen LogP contribution in [0, 0.1) is 17.5 Å². The summed E-state index contributed by atoms with van der Waals surface area (Å²) in [6.07, 6.45) is 1.71. The molecule has 5 nitrogen and oxygen atoms in total. The van der Waals surface area contributed by atoms with Gasteiger partial charge in [-0.3, -0.25) is 4.79 Å². The van der Waals surface area contributed by atoms with Crippen LogP contribution in [0.1, 0.15) is 16.8 Å². The number of halogens is 3. The lowest BCUT2D eigenvalue weighted by molar-refractivity contribution is 0.0765. The van der Waals surface area contributed by atoms with Crippen LogP contribution >= 0.6 is 0 Å². The smallest absolute Gasteiger partial charge is 0.257 e. The number of benzene rings is 1. The van der Waals surface area contributed by atoms with E-state index in [2.05, 4.69) is 10.2 Å². The monoisotopic (exact) mass is 323 g/mol. The molecule has 0 aliphatic carbocycles. The number of carbonyl (C=O) groups excluding carboxylic acids is 1. The summed E-state index contributed by atoms with van der Waals surface area (Å²) in [6.45, 7) is 0.524. The minimum Gasteiger partial charge on any atom is -0.471 e. The van der Waals surface area contributed by atoms with Gasteiger partial charge in [-0.15, -0.1) is 5.10 Å². The summed E-state index contributed by atoms with van der Waals surface area (Å²) in [6, 6.07) is 4.96. The van der Waals surface area contributed by atoms with Gasteiger partial charge in [-0.05, 0) is 18.2 Å². The molecular weight excluding hydrogens is 311 g/mol. The van der Waals surface area contributed by atoms with Crippen molar-refractivity contribution in [2.75, 3.05) is 13.1 Å². The Bertz CT molecular complexity index is 727. The first kappa shape index (κ1) is 15.3. The summed E-state index contributed by atoms with van der Waals surface area (Å²) >= 11 is 0. The minimum absolute atomic E-state index is 0.202. The molecule has 2 heterocycles. The fourth-order valence-corrected chi connectivity index (χ4v) is 2.39. The summed E-state index contributed by atoms with van der Waals surface area (Å²) in [7, 11) is 0. The molecule has 2 aromatic rings. The molecule has 1 aliphatic rings. The molecule has 1 fully saturated rings. The average molecular weight is 323 g/mol. The zero-order chi connectivity index (χ0) is 16.4. The number of nitrogens with zero attached hydrogens (tertiary/aromatic N) is 3. The minimum atomic E-state index is -1.65. The van der Waals surface area contributed by atoms with E-state index in [0.717, 1.165) is 12.1 Å². The molecule has 0 saturated carbocycles. The number of ether oxygens (including phenoxy) is 1. The van der Waals surface area contributed by atoms with E-state index in [1.54, 1.807) is 12.1 Å². The van der Waals surface area contributed by atoms with Gasteiger partial charge in [-0.2, -0.15) is 5.10 Å². The molecule has 1 aliphatic heterocycles. The third-order valence-electron chi connectivity index (χ3n) is 3.53. The number of likely N-dealkylation sites (tertiary alicyclic amines) is 1. The summed E-state index contributed by atoms with van der Waals surface area (Å²) in [5.74, 6) is -4.84. The largest absolute Gasteiger partial charge is 0.471 e. The van der Waals surface area contributed by atoms with Gasteiger partial charge in [-0.1, -0.05) is 0 Å². The zero-order valence-corrected chi connectivity index (χ0v) is 11.9. The number of hydrogen-bond donors (Lipinski definition) is 0. The molecule has 1 amide bonds. The molecule has 3 rings (SSSR count). The molecule has 0 spiro atoms. The molecule has 120 valence electrons. The van der Waals surface area contributed by atoms with Crippen molar-refractivity contribution in [1.29, 1.82) is 0 Å². The molecule has 0 bridgehead atoms. The van der Waals surface area contributed by atoms with Crippen molar-refractivity contribution in [2.24, 2.45) is 0 Å². The highest BCUT2D eigenvalue weighted by molar-refractivity contribution is 5.94. The van der Waals surface area contributed by atoms with Crippen LogP contribution in [0.2, 0.25) is 0 Å². The highest BCUT2D eigenvalue weighted by Gasteiger charge is 2.31. The van der Waals surface area contributed by atoms with Crippen LogP contribution < -0.4 is 4.74 Å². The van der Waals surface area contributed by atoms with Crippen LogP contribution in [-0.2, 0) is 0 Å². The fourth-order valence-electron chi connectivity index (χ4n) is 2.39. The second kappa shape index (κ2) is 6.23. The van der Waals surface area contributed by atoms with E-state index in [4.69, 9.17) is 4.74 Å². The molecular formula is C15H12F3N3O2. The van der Waals surface area contributed by atoms with Crippen molar-refractivity contribution in [2.45, 2.75) is 12.5 Å². The molecule has 1 aromatic heterocycles.